The van der Waals surface area contributed by atoms with E-state index >= 15 is 0 Å². The highest BCUT2D eigenvalue weighted by atomic mass is 16.1. The summed E-state index contributed by atoms with van der Waals surface area (Å²) in [6.07, 6.45) is 0. The van der Waals surface area contributed by atoms with Gasteiger partial charge in [-0.3, -0.25) is 4.79 Å². The highest BCUT2D eigenvalue weighted by Crippen LogP contribution is 2.20. The van der Waals surface area contributed by atoms with Gasteiger partial charge in [-0.2, -0.15) is 0 Å². The van der Waals surface area contributed by atoms with Gasteiger partial charge in [-0.25, -0.2) is 0 Å². The largest absolute Gasteiger partial charge is 0.369 e. The van der Waals surface area contributed by atoms with E-state index < -0.39 is 0 Å². The second-order valence-electron chi connectivity index (χ2n) is 6.54. The van der Waals surface area contributed by atoms with E-state index in [9.17, 15) is 4.79 Å². The minimum Gasteiger partial charge on any atom is -0.369 e. The summed E-state index contributed by atoms with van der Waals surface area (Å²) >= 11 is 0. The zero-order valence-electron chi connectivity index (χ0n) is 14.7. The molecule has 2 aromatic carbocycles. The number of nitrogens with one attached hydrogen (secondary N) is 1. The van der Waals surface area contributed by atoms with Crippen LogP contribution in [0.3, 0.4) is 0 Å². The first-order chi connectivity index (χ1) is 11.5. The van der Waals surface area contributed by atoms with Gasteiger partial charge in [0.2, 0.25) is 0 Å². The van der Waals surface area contributed by atoms with Crippen molar-refractivity contribution < 1.29 is 4.79 Å². The number of carbonyl (C=O) groups is 1. The van der Waals surface area contributed by atoms with Crippen LogP contribution in [0, 0.1) is 13.8 Å². The van der Waals surface area contributed by atoms with Crippen LogP contribution in [0.25, 0.3) is 0 Å². The number of hydrogen-bond acceptors (Lipinski definition) is 3. The molecule has 0 saturated carbocycles. The molecular formula is C20H25N3O. The van der Waals surface area contributed by atoms with Gasteiger partial charge in [-0.05, 0) is 62.4 Å². The van der Waals surface area contributed by atoms with E-state index in [0.717, 1.165) is 48.6 Å². The maximum atomic E-state index is 12.5. The van der Waals surface area contributed by atoms with Gasteiger partial charge in [0.1, 0.15) is 0 Å². The lowest BCUT2D eigenvalue weighted by Gasteiger charge is -2.34. The molecule has 0 aliphatic carbocycles. The van der Waals surface area contributed by atoms with E-state index in [2.05, 4.69) is 34.3 Å². The van der Waals surface area contributed by atoms with Crippen molar-refractivity contribution in [2.75, 3.05) is 43.4 Å². The Bertz CT molecular complexity index is 716. The third-order valence-corrected chi connectivity index (χ3v) is 4.84. The molecule has 1 fully saturated rings. The Labute approximate surface area is 144 Å². The van der Waals surface area contributed by atoms with E-state index in [1.807, 2.05) is 44.2 Å². The van der Waals surface area contributed by atoms with Crippen molar-refractivity contribution in [2.45, 2.75) is 13.8 Å². The molecular weight excluding hydrogens is 298 g/mol. The SMILES string of the molecule is Cc1cccc(C(=O)Nc2ccc(N3CCN(C)CC3)cc2)c1C. The molecule has 0 bridgehead atoms. The summed E-state index contributed by atoms with van der Waals surface area (Å²) < 4.78 is 0. The first-order valence-corrected chi connectivity index (χ1v) is 8.46. The molecule has 2 aromatic rings. The molecule has 1 heterocycles. The summed E-state index contributed by atoms with van der Waals surface area (Å²) in [7, 11) is 2.16. The Kier molecular flexibility index (Phi) is 4.86. The number of rotatable bonds is 3. The number of likely N-dealkylation sites (N-methyl/N-ethyl adjacent to an activating group) is 1. The minimum absolute atomic E-state index is 0.0523. The van der Waals surface area contributed by atoms with Crippen LogP contribution in [0.1, 0.15) is 21.5 Å². The Balaban J connectivity index is 1.68. The van der Waals surface area contributed by atoms with Gasteiger partial charge in [-0.1, -0.05) is 12.1 Å². The fourth-order valence-corrected chi connectivity index (χ4v) is 3.02. The molecule has 1 saturated heterocycles. The lowest BCUT2D eigenvalue weighted by atomic mass is 10.0. The van der Waals surface area contributed by atoms with E-state index in [4.69, 9.17) is 0 Å². The molecule has 126 valence electrons. The Morgan fingerprint density at radius 2 is 1.62 bits per heavy atom. The molecule has 24 heavy (non-hydrogen) atoms. The maximum Gasteiger partial charge on any atom is 0.255 e. The average Bonchev–Trinajstić information content (AvgIpc) is 2.59. The summed E-state index contributed by atoms with van der Waals surface area (Å²) in [6, 6.07) is 14.0. The molecule has 1 amide bonds. The number of carbonyl (C=O) groups excluding carboxylic acids is 1. The fraction of sp³-hybridized carbons (Fsp3) is 0.350. The van der Waals surface area contributed by atoms with Crippen LogP contribution >= 0.6 is 0 Å². The molecule has 1 aliphatic rings. The third-order valence-electron chi connectivity index (χ3n) is 4.84. The Morgan fingerprint density at radius 3 is 2.29 bits per heavy atom. The molecule has 4 nitrogen and oxygen atoms in total. The van der Waals surface area contributed by atoms with Crippen molar-refractivity contribution in [2.24, 2.45) is 0 Å². The lowest BCUT2D eigenvalue weighted by molar-refractivity contribution is 0.102. The number of benzene rings is 2. The molecule has 1 aliphatic heterocycles. The molecule has 0 unspecified atom stereocenters. The molecule has 0 radical (unpaired) electrons. The summed E-state index contributed by atoms with van der Waals surface area (Å²) in [4.78, 5) is 17.2. The highest BCUT2D eigenvalue weighted by molar-refractivity contribution is 6.05. The first kappa shape index (κ1) is 16.5. The average molecular weight is 323 g/mol. The van der Waals surface area contributed by atoms with E-state index in [1.165, 1.54) is 5.69 Å². The maximum absolute atomic E-state index is 12.5. The van der Waals surface area contributed by atoms with Gasteiger partial charge in [0.15, 0.2) is 0 Å². The molecule has 0 spiro atoms. The first-order valence-electron chi connectivity index (χ1n) is 8.46. The summed E-state index contributed by atoms with van der Waals surface area (Å²) in [6.45, 7) is 8.28. The predicted octanol–water partition coefficient (Wildman–Crippen LogP) is 3.31. The zero-order chi connectivity index (χ0) is 17.1. The summed E-state index contributed by atoms with van der Waals surface area (Å²) in [5.41, 5.74) is 4.95. The van der Waals surface area contributed by atoms with E-state index in [1.54, 1.807) is 0 Å². The lowest BCUT2D eigenvalue weighted by Crippen LogP contribution is -2.44. The third kappa shape index (κ3) is 3.60. The summed E-state index contributed by atoms with van der Waals surface area (Å²) in [5, 5.41) is 3.00. The van der Waals surface area contributed by atoms with Crippen LogP contribution < -0.4 is 10.2 Å². The standard InChI is InChI=1S/C20H25N3O/c1-15-5-4-6-19(16(15)2)20(24)21-17-7-9-18(10-8-17)23-13-11-22(3)12-14-23/h4-10H,11-14H2,1-3H3,(H,21,24). The topological polar surface area (TPSA) is 35.6 Å². The monoisotopic (exact) mass is 323 g/mol. The van der Waals surface area contributed by atoms with Crippen LogP contribution in [0.5, 0.6) is 0 Å². The number of nitrogens with zero attached hydrogens (tertiary/aromatic N) is 2. The van der Waals surface area contributed by atoms with Crippen molar-refractivity contribution in [1.29, 1.82) is 0 Å². The molecule has 1 N–H and O–H groups in total. The predicted molar refractivity (Wildman–Crippen MR) is 100 cm³/mol. The number of hydrogen-bond donors (Lipinski definition) is 1. The van der Waals surface area contributed by atoms with Gasteiger partial charge < -0.3 is 15.1 Å². The van der Waals surface area contributed by atoms with Crippen molar-refractivity contribution in [3.63, 3.8) is 0 Å². The van der Waals surface area contributed by atoms with Crippen molar-refractivity contribution in [1.82, 2.24) is 4.90 Å². The Hall–Kier alpha value is -2.33. The normalized spacial score (nSPS) is 15.4. The number of piperazine rings is 1. The van der Waals surface area contributed by atoms with Gasteiger partial charge in [-0.15, -0.1) is 0 Å². The summed E-state index contributed by atoms with van der Waals surface area (Å²) in [5.74, 6) is -0.0523. The molecule has 3 rings (SSSR count). The molecule has 4 heteroatoms. The molecule has 0 atom stereocenters. The van der Waals surface area contributed by atoms with Crippen LogP contribution in [0.2, 0.25) is 0 Å². The molecule has 0 aromatic heterocycles. The number of anilines is 2. The van der Waals surface area contributed by atoms with Crippen molar-refractivity contribution in [3.05, 3.63) is 59.2 Å². The van der Waals surface area contributed by atoms with Gasteiger partial charge in [0.25, 0.3) is 5.91 Å². The van der Waals surface area contributed by atoms with Crippen LogP contribution in [-0.2, 0) is 0 Å². The van der Waals surface area contributed by atoms with Crippen molar-refractivity contribution in [3.8, 4) is 0 Å². The van der Waals surface area contributed by atoms with Gasteiger partial charge in [0, 0.05) is 43.1 Å². The Morgan fingerprint density at radius 1 is 0.958 bits per heavy atom. The quantitative estimate of drug-likeness (QED) is 0.941. The zero-order valence-corrected chi connectivity index (χ0v) is 14.7. The van der Waals surface area contributed by atoms with E-state index in [-0.39, 0.29) is 5.91 Å². The van der Waals surface area contributed by atoms with Gasteiger partial charge >= 0.3 is 0 Å². The number of aryl methyl sites for hydroxylation is 1. The highest BCUT2D eigenvalue weighted by Gasteiger charge is 2.14. The minimum atomic E-state index is -0.0523. The van der Waals surface area contributed by atoms with Crippen LogP contribution in [0.15, 0.2) is 42.5 Å². The second kappa shape index (κ2) is 7.05. The smallest absolute Gasteiger partial charge is 0.255 e. The second-order valence-corrected chi connectivity index (χ2v) is 6.54. The van der Waals surface area contributed by atoms with E-state index in [0.29, 0.717) is 0 Å². The van der Waals surface area contributed by atoms with Crippen molar-refractivity contribution >= 4 is 17.3 Å². The van der Waals surface area contributed by atoms with Crippen LogP contribution in [0.4, 0.5) is 11.4 Å². The van der Waals surface area contributed by atoms with Crippen LogP contribution in [-0.4, -0.2) is 44.0 Å². The number of amides is 1. The fourth-order valence-electron chi connectivity index (χ4n) is 3.02. The van der Waals surface area contributed by atoms with Gasteiger partial charge in [0.05, 0.1) is 0 Å².